The van der Waals surface area contributed by atoms with Crippen LogP contribution < -0.4 is 4.74 Å². The van der Waals surface area contributed by atoms with Crippen molar-refractivity contribution < 1.29 is 13.9 Å². The van der Waals surface area contributed by atoms with E-state index in [4.69, 9.17) is 16.3 Å². The average Bonchev–Trinajstić information content (AvgIpc) is 2.83. The molecule has 106 valence electrons. The van der Waals surface area contributed by atoms with Crippen LogP contribution in [0.3, 0.4) is 0 Å². The highest BCUT2D eigenvalue weighted by Gasteiger charge is 2.11. The fourth-order valence-electron chi connectivity index (χ4n) is 1.54. The summed E-state index contributed by atoms with van der Waals surface area (Å²) in [6.07, 6.45) is 0. The number of carbonyl (C=O) groups is 1. The van der Waals surface area contributed by atoms with Gasteiger partial charge in [0.1, 0.15) is 11.6 Å². The highest BCUT2D eigenvalue weighted by atomic mass is 35.5. The van der Waals surface area contributed by atoms with Crippen LogP contribution in [0.2, 0.25) is 4.34 Å². The van der Waals surface area contributed by atoms with Crippen molar-refractivity contribution in [3.8, 4) is 5.75 Å². The van der Waals surface area contributed by atoms with E-state index in [1.807, 2.05) is 6.07 Å². The first kappa shape index (κ1) is 14.8. The summed E-state index contributed by atoms with van der Waals surface area (Å²) in [5.74, 6) is -0.0264. The number of rotatable bonds is 5. The van der Waals surface area contributed by atoms with Crippen molar-refractivity contribution in [2.45, 2.75) is 6.54 Å². The molecule has 1 amide bonds. The summed E-state index contributed by atoms with van der Waals surface area (Å²) in [7, 11) is 1.70. The fraction of sp³-hybridized carbons (Fsp3) is 0.214. The van der Waals surface area contributed by atoms with Crippen LogP contribution in [0.5, 0.6) is 5.75 Å². The van der Waals surface area contributed by atoms with Crippen LogP contribution in [0.4, 0.5) is 4.39 Å². The molecule has 0 bridgehead atoms. The van der Waals surface area contributed by atoms with E-state index in [1.54, 1.807) is 18.0 Å². The van der Waals surface area contributed by atoms with Crippen molar-refractivity contribution in [1.29, 1.82) is 0 Å². The summed E-state index contributed by atoms with van der Waals surface area (Å²) in [6.45, 7) is 0.407. The van der Waals surface area contributed by atoms with Gasteiger partial charge in [0.25, 0.3) is 5.91 Å². The van der Waals surface area contributed by atoms with Crippen LogP contribution in [0, 0.1) is 5.82 Å². The lowest BCUT2D eigenvalue weighted by molar-refractivity contribution is -0.132. The maximum Gasteiger partial charge on any atom is 0.260 e. The van der Waals surface area contributed by atoms with Crippen LogP contribution in [0.15, 0.2) is 36.4 Å². The summed E-state index contributed by atoms with van der Waals surface area (Å²) >= 11 is 7.28. The Bertz CT molecular complexity index is 585. The second kappa shape index (κ2) is 6.72. The minimum atomic E-state index is -0.338. The number of hydrogen-bond acceptors (Lipinski definition) is 3. The van der Waals surface area contributed by atoms with Crippen LogP contribution in [0.25, 0.3) is 0 Å². The number of likely N-dealkylation sites (N-methyl/N-ethyl adjacent to an activating group) is 1. The molecule has 0 unspecified atom stereocenters. The van der Waals surface area contributed by atoms with Gasteiger partial charge < -0.3 is 9.64 Å². The molecule has 20 heavy (non-hydrogen) atoms. The first-order valence-electron chi connectivity index (χ1n) is 5.91. The molecule has 3 nitrogen and oxygen atoms in total. The number of carbonyl (C=O) groups excluding carboxylic acids is 1. The third-order valence-corrected chi connectivity index (χ3v) is 3.84. The molecule has 0 atom stereocenters. The Labute approximate surface area is 125 Å². The van der Waals surface area contributed by atoms with E-state index in [-0.39, 0.29) is 18.3 Å². The Balaban J connectivity index is 1.83. The number of benzene rings is 1. The summed E-state index contributed by atoms with van der Waals surface area (Å²) in [5.41, 5.74) is 0. The van der Waals surface area contributed by atoms with Gasteiger partial charge in [-0.25, -0.2) is 4.39 Å². The zero-order valence-corrected chi connectivity index (χ0v) is 12.4. The third-order valence-electron chi connectivity index (χ3n) is 2.62. The summed E-state index contributed by atoms with van der Waals surface area (Å²) < 4.78 is 18.7. The van der Waals surface area contributed by atoms with Gasteiger partial charge >= 0.3 is 0 Å². The standard InChI is InChI=1S/C14H13ClFNO2S/c1-17(8-12-6-7-13(15)20-12)14(18)9-19-11-4-2-10(16)3-5-11/h2-7H,8-9H2,1H3. The van der Waals surface area contributed by atoms with Gasteiger partial charge in [-0.2, -0.15) is 0 Å². The Morgan fingerprint density at radius 3 is 2.60 bits per heavy atom. The minimum Gasteiger partial charge on any atom is -0.484 e. The molecular formula is C14H13ClFNO2S. The van der Waals surface area contributed by atoms with Crippen molar-refractivity contribution >= 4 is 28.8 Å². The van der Waals surface area contributed by atoms with Crippen LogP contribution in [-0.4, -0.2) is 24.5 Å². The van der Waals surface area contributed by atoms with Gasteiger partial charge in [0.2, 0.25) is 0 Å². The molecule has 0 aliphatic carbocycles. The smallest absolute Gasteiger partial charge is 0.260 e. The third kappa shape index (κ3) is 4.21. The molecule has 6 heteroatoms. The molecule has 0 saturated heterocycles. The Hall–Kier alpha value is -1.59. The van der Waals surface area contributed by atoms with Gasteiger partial charge in [-0.05, 0) is 36.4 Å². The first-order chi connectivity index (χ1) is 9.54. The first-order valence-corrected chi connectivity index (χ1v) is 7.10. The zero-order chi connectivity index (χ0) is 14.5. The number of nitrogens with zero attached hydrogens (tertiary/aromatic N) is 1. The molecule has 0 aliphatic heterocycles. The minimum absolute atomic E-state index is 0.0821. The van der Waals surface area contributed by atoms with E-state index in [0.717, 1.165) is 4.88 Å². The molecule has 2 rings (SSSR count). The zero-order valence-electron chi connectivity index (χ0n) is 10.8. The molecule has 1 aromatic carbocycles. The monoisotopic (exact) mass is 313 g/mol. The number of ether oxygens (including phenoxy) is 1. The van der Waals surface area contributed by atoms with E-state index in [0.29, 0.717) is 16.6 Å². The molecule has 1 heterocycles. The number of hydrogen-bond donors (Lipinski definition) is 0. The molecule has 1 aromatic heterocycles. The van der Waals surface area contributed by atoms with Gasteiger partial charge in [-0.15, -0.1) is 11.3 Å². The van der Waals surface area contributed by atoms with Crippen molar-refractivity contribution in [3.63, 3.8) is 0 Å². The quantitative estimate of drug-likeness (QED) is 0.844. The predicted octanol–water partition coefficient (Wildman–Crippen LogP) is 3.58. The van der Waals surface area contributed by atoms with E-state index in [1.165, 1.54) is 35.6 Å². The normalized spacial score (nSPS) is 10.3. The van der Waals surface area contributed by atoms with Crippen molar-refractivity contribution in [2.75, 3.05) is 13.7 Å². The van der Waals surface area contributed by atoms with E-state index < -0.39 is 0 Å². The number of halogens is 2. The number of amides is 1. The molecule has 0 radical (unpaired) electrons. The lowest BCUT2D eigenvalue weighted by atomic mass is 10.3. The second-order valence-corrected chi connectivity index (χ2v) is 6.00. The molecule has 0 N–H and O–H groups in total. The van der Waals surface area contributed by atoms with E-state index >= 15 is 0 Å². The maximum absolute atomic E-state index is 12.7. The summed E-state index contributed by atoms with van der Waals surface area (Å²) in [5, 5.41) is 0. The Morgan fingerprint density at radius 2 is 2.00 bits per heavy atom. The highest BCUT2D eigenvalue weighted by Crippen LogP contribution is 2.22. The molecule has 0 saturated carbocycles. The van der Waals surface area contributed by atoms with Gasteiger partial charge in [0.05, 0.1) is 10.9 Å². The number of thiophene rings is 1. The maximum atomic E-state index is 12.7. The van der Waals surface area contributed by atoms with Gasteiger partial charge in [-0.1, -0.05) is 11.6 Å². The molecule has 0 fully saturated rings. The van der Waals surface area contributed by atoms with Crippen molar-refractivity contribution in [3.05, 3.63) is 51.4 Å². The van der Waals surface area contributed by atoms with E-state index in [2.05, 4.69) is 0 Å². The summed E-state index contributed by atoms with van der Waals surface area (Å²) in [4.78, 5) is 14.5. The lowest BCUT2D eigenvalue weighted by Gasteiger charge is -2.16. The Kier molecular flexibility index (Phi) is 4.98. The van der Waals surface area contributed by atoms with Gasteiger partial charge in [0, 0.05) is 11.9 Å². The van der Waals surface area contributed by atoms with Crippen LogP contribution >= 0.6 is 22.9 Å². The SMILES string of the molecule is CN(Cc1ccc(Cl)s1)C(=O)COc1ccc(F)cc1. The largest absolute Gasteiger partial charge is 0.484 e. The molecule has 0 spiro atoms. The highest BCUT2D eigenvalue weighted by molar-refractivity contribution is 7.16. The van der Waals surface area contributed by atoms with Gasteiger partial charge in [0.15, 0.2) is 6.61 Å². The second-order valence-electron chi connectivity index (χ2n) is 4.20. The Morgan fingerprint density at radius 1 is 1.30 bits per heavy atom. The predicted molar refractivity (Wildman–Crippen MR) is 77.7 cm³/mol. The topological polar surface area (TPSA) is 29.5 Å². The molecular weight excluding hydrogens is 301 g/mol. The average molecular weight is 314 g/mol. The molecule has 2 aromatic rings. The summed E-state index contributed by atoms with van der Waals surface area (Å²) in [6, 6.07) is 9.24. The van der Waals surface area contributed by atoms with Gasteiger partial charge in [-0.3, -0.25) is 4.79 Å². The lowest BCUT2D eigenvalue weighted by Crippen LogP contribution is -2.30. The van der Waals surface area contributed by atoms with Crippen molar-refractivity contribution in [1.82, 2.24) is 4.90 Å². The van der Waals surface area contributed by atoms with Crippen molar-refractivity contribution in [2.24, 2.45) is 0 Å². The van der Waals surface area contributed by atoms with E-state index in [9.17, 15) is 9.18 Å². The fourth-order valence-corrected chi connectivity index (χ4v) is 2.69. The molecule has 0 aliphatic rings. The van der Waals surface area contributed by atoms with Crippen LogP contribution in [0.1, 0.15) is 4.88 Å². The van der Waals surface area contributed by atoms with Crippen LogP contribution in [-0.2, 0) is 11.3 Å².